The first-order valence-electron chi connectivity index (χ1n) is 6.08. The van der Waals surface area contributed by atoms with E-state index in [1.54, 1.807) is 42.5 Å². The number of hydrogen-bond donors (Lipinski definition) is 2. The van der Waals surface area contributed by atoms with E-state index in [4.69, 9.17) is 11.6 Å². The fourth-order valence-electron chi connectivity index (χ4n) is 1.66. The molecular formula is C13H15ClN2O2S2. The van der Waals surface area contributed by atoms with Gasteiger partial charge in [-0.05, 0) is 30.3 Å². The van der Waals surface area contributed by atoms with E-state index < -0.39 is 10.0 Å². The van der Waals surface area contributed by atoms with Gasteiger partial charge in [-0.2, -0.15) is 0 Å². The minimum atomic E-state index is -3.38. The van der Waals surface area contributed by atoms with Gasteiger partial charge in [-0.3, -0.25) is 0 Å². The Hall–Kier alpha value is -1.08. The molecule has 20 heavy (non-hydrogen) atoms. The van der Waals surface area contributed by atoms with E-state index in [0.717, 1.165) is 15.6 Å². The van der Waals surface area contributed by atoms with Gasteiger partial charge in [-0.15, -0.1) is 11.3 Å². The summed E-state index contributed by atoms with van der Waals surface area (Å²) in [4.78, 5) is 1.39. The van der Waals surface area contributed by atoms with Crippen LogP contribution in [0, 0.1) is 0 Å². The molecular weight excluding hydrogens is 316 g/mol. The smallest absolute Gasteiger partial charge is 0.240 e. The predicted octanol–water partition coefficient (Wildman–Crippen LogP) is 3.31. The van der Waals surface area contributed by atoms with Crippen LogP contribution in [-0.2, 0) is 16.6 Å². The summed E-state index contributed by atoms with van der Waals surface area (Å²) in [7, 11) is -3.38. The molecule has 2 rings (SSSR count). The summed E-state index contributed by atoms with van der Waals surface area (Å²) in [5, 5.41) is 5.84. The van der Waals surface area contributed by atoms with Crippen LogP contribution in [0.2, 0.25) is 5.02 Å². The van der Waals surface area contributed by atoms with Crippen LogP contribution in [0.4, 0.5) is 5.69 Å². The molecule has 1 heterocycles. The van der Waals surface area contributed by atoms with Crippen molar-refractivity contribution >= 4 is 38.6 Å². The Morgan fingerprint density at radius 2 is 1.95 bits per heavy atom. The molecule has 0 saturated heterocycles. The van der Waals surface area contributed by atoms with Crippen LogP contribution in [0.5, 0.6) is 0 Å². The lowest BCUT2D eigenvalue weighted by Gasteiger charge is -2.07. The number of sulfonamides is 1. The molecule has 0 atom stereocenters. The number of nitrogens with one attached hydrogen (secondary N) is 2. The number of anilines is 1. The third kappa shape index (κ3) is 3.96. The zero-order valence-corrected chi connectivity index (χ0v) is 13.3. The van der Waals surface area contributed by atoms with E-state index in [1.165, 1.54) is 0 Å². The Bertz CT molecular complexity index is 666. The quantitative estimate of drug-likeness (QED) is 0.854. The second-order valence-corrected chi connectivity index (χ2v) is 7.31. The molecule has 2 aromatic rings. The molecule has 7 heteroatoms. The van der Waals surface area contributed by atoms with Crippen molar-refractivity contribution in [2.75, 3.05) is 11.9 Å². The van der Waals surface area contributed by atoms with Gasteiger partial charge in [0.15, 0.2) is 0 Å². The highest BCUT2D eigenvalue weighted by atomic mass is 35.5. The Kier molecular flexibility index (Phi) is 5.04. The maximum absolute atomic E-state index is 11.8. The molecule has 0 unspecified atom stereocenters. The van der Waals surface area contributed by atoms with Crippen LogP contribution in [0.3, 0.4) is 0 Å². The van der Waals surface area contributed by atoms with Crippen molar-refractivity contribution in [2.45, 2.75) is 18.4 Å². The molecule has 108 valence electrons. The third-order valence-electron chi connectivity index (χ3n) is 2.59. The lowest BCUT2D eigenvalue weighted by molar-refractivity contribution is 0.584. The van der Waals surface area contributed by atoms with Gasteiger partial charge in [-0.25, -0.2) is 13.1 Å². The van der Waals surface area contributed by atoms with E-state index in [0.29, 0.717) is 13.1 Å². The molecule has 0 saturated carbocycles. The summed E-state index contributed by atoms with van der Waals surface area (Å²) in [6.45, 7) is 2.79. The third-order valence-corrected chi connectivity index (χ3v) is 5.43. The van der Waals surface area contributed by atoms with E-state index in [1.807, 2.05) is 11.4 Å². The molecule has 2 N–H and O–H groups in total. The SMILES string of the molecule is CCNS(=O)(=O)c1ccc(NCc2cc(Cl)cs2)cc1. The van der Waals surface area contributed by atoms with Crippen molar-refractivity contribution < 1.29 is 8.42 Å². The average Bonchev–Trinajstić information content (AvgIpc) is 2.83. The fourth-order valence-corrected chi connectivity index (χ4v) is 3.71. The van der Waals surface area contributed by atoms with E-state index in [-0.39, 0.29) is 4.90 Å². The highest BCUT2D eigenvalue weighted by Gasteiger charge is 2.11. The first-order valence-corrected chi connectivity index (χ1v) is 8.82. The normalized spacial score (nSPS) is 11.5. The molecule has 0 aliphatic heterocycles. The van der Waals surface area contributed by atoms with Crippen LogP contribution in [0.25, 0.3) is 0 Å². The summed E-state index contributed by atoms with van der Waals surface area (Å²) in [5.74, 6) is 0. The lowest BCUT2D eigenvalue weighted by Crippen LogP contribution is -2.23. The van der Waals surface area contributed by atoms with Crippen LogP contribution in [0.15, 0.2) is 40.6 Å². The summed E-state index contributed by atoms with van der Waals surface area (Å²) >= 11 is 7.43. The lowest BCUT2D eigenvalue weighted by atomic mass is 10.3. The Morgan fingerprint density at radius 3 is 2.50 bits per heavy atom. The summed E-state index contributed by atoms with van der Waals surface area (Å²) in [5.41, 5.74) is 0.866. The van der Waals surface area contributed by atoms with Gasteiger partial charge < -0.3 is 5.32 Å². The van der Waals surface area contributed by atoms with Crippen LogP contribution >= 0.6 is 22.9 Å². The molecule has 0 bridgehead atoms. The Labute approximate surface area is 127 Å². The molecule has 0 aliphatic carbocycles. The number of halogens is 1. The summed E-state index contributed by atoms with van der Waals surface area (Å²) < 4.78 is 26.0. The van der Waals surface area contributed by atoms with Gasteiger partial charge in [0.25, 0.3) is 0 Å². The number of benzene rings is 1. The summed E-state index contributed by atoms with van der Waals surface area (Å²) in [6.07, 6.45) is 0. The topological polar surface area (TPSA) is 58.2 Å². The molecule has 0 fully saturated rings. The Balaban J connectivity index is 2.01. The second-order valence-electron chi connectivity index (χ2n) is 4.11. The molecule has 0 spiro atoms. The monoisotopic (exact) mass is 330 g/mol. The first-order chi connectivity index (χ1) is 9.51. The van der Waals surface area contributed by atoms with Gasteiger partial charge in [0.2, 0.25) is 10.0 Å². The zero-order chi connectivity index (χ0) is 14.6. The van der Waals surface area contributed by atoms with Crippen molar-refractivity contribution in [3.8, 4) is 0 Å². The van der Waals surface area contributed by atoms with Crippen molar-refractivity contribution in [1.29, 1.82) is 0 Å². The average molecular weight is 331 g/mol. The van der Waals surface area contributed by atoms with Crippen LogP contribution in [0.1, 0.15) is 11.8 Å². The van der Waals surface area contributed by atoms with Crippen molar-refractivity contribution in [3.63, 3.8) is 0 Å². The van der Waals surface area contributed by atoms with Gasteiger partial charge in [-0.1, -0.05) is 18.5 Å². The van der Waals surface area contributed by atoms with Gasteiger partial charge in [0, 0.05) is 29.0 Å². The van der Waals surface area contributed by atoms with E-state index >= 15 is 0 Å². The largest absolute Gasteiger partial charge is 0.380 e. The first kappa shape index (κ1) is 15.3. The summed E-state index contributed by atoms with van der Waals surface area (Å²) in [6, 6.07) is 8.57. The van der Waals surface area contributed by atoms with Gasteiger partial charge >= 0.3 is 0 Å². The maximum atomic E-state index is 11.8. The highest BCUT2D eigenvalue weighted by molar-refractivity contribution is 7.89. The standard InChI is InChI=1S/C13H15ClN2O2S2/c1-2-16-20(17,18)13-5-3-11(4-6-13)15-8-12-7-10(14)9-19-12/h3-7,9,15-16H,2,8H2,1H3. The fraction of sp³-hybridized carbons (Fsp3) is 0.231. The number of thiophene rings is 1. The predicted molar refractivity (Wildman–Crippen MR) is 84.0 cm³/mol. The molecule has 0 amide bonds. The highest BCUT2D eigenvalue weighted by Crippen LogP contribution is 2.21. The van der Waals surface area contributed by atoms with Gasteiger partial charge in [0.05, 0.1) is 9.92 Å². The number of rotatable bonds is 6. The molecule has 1 aromatic heterocycles. The minimum absolute atomic E-state index is 0.268. The van der Waals surface area contributed by atoms with Crippen molar-refractivity contribution in [1.82, 2.24) is 4.72 Å². The van der Waals surface area contributed by atoms with Crippen molar-refractivity contribution in [3.05, 3.63) is 45.6 Å². The molecule has 1 aromatic carbocycles. The zero-order valence-electron chi connectivity index (χ0n) is 10.9. The van der Waals surface area contributed by atoms with E-state index in [2.05, 4.69) is 10.0 Å². The van der Waals surface area contributed by atoms with Crippen LogP contribution < -0.4 is 10.0 Å². The molecule has 0 aliphatic rings. The minimum Gasteiger partial charge on any atom is -0.380 e. The maximum Gasteiger partial charge on any atom is 0.240 e. The second kappa shape index (κ2) is 6.58. The molecule has 0 radical (unpaired) electrons. The van der Waals surface area contributed by atoms with E-state index in [9.17, 15) is 8.42 Å². The van der Waals surface area contributed by atoms with Crippen LogP contribution in [-0.4, -0.2) is 15.0 Å². The number of hydrogen-bond acceptors (Lipinski definition) is 4. The van der Waals surface area contributed by atoms with Gasteiger partial charge in [0.1, 0.15) is 0 Å². The Morgan fingerprint density at radius 1 is 1.25 bits per heavy atom. The van der Waals surface area contributed by atoms with Crippen molar-refractivity contribution in [2.24, 2.45) is 0 Å². The molecule has 4 nitrogen and oxygen atoms in total.